The maximum Gasteiger partial charge on any atom is 0.291 e. The number of nitriles is 1. The molecule has 1 aromatic heterocycles. The average molecular weight is 179 g/mol. The van der Waals surface area contributed by atoms with E-state index in [2.05, 4.69) is 10.3 Å². The minimum atomic E-state index is -0.369. The molecule has 5 nitrogen and oxygen atoms in total. The van der Waals surface area contributed by atoms with Gasteiger partial charge in [-0.15, -0.1) is 0 Å². The summed E-state index contributed by atoms with van der Waals surface area (Å²) in [5.74, 6) is -0.369. The Labute approximate surface area is 75.5 Å². The summed E-state index contributed by atoms with van der Waals surface area (Å²) >= 11 is 0. The molecule has 0 spiro atoms. The molecule has 0 unspecified atom stereocenters. The quantitative estimate of drug-likeness (QED) is 0.659. The fourth-order valence-electron chi connectivity index (χ4n) is 0.996. The Kier molecular flexibility index (Phi) is 2.67. The summed E-state index contributed by atoms with van der Waals surface area (Å²) in [5, 5.41) is 8.56. The fourth-order valence-corrected chi connectivity index (χ4v) is 0.996. The van der Waals surface area contributed by atoms with Gasteiger partial charge in [-0.25, -0.2) is 5.48 Å². The second-order valence-corrected chi connectivity index (χ2v) is 2.47. The molecule has 0 radical (unpaired) electrons. The van der Waals surface area contributed by atoms with Crippen LogP contribution in [0.4, 0.5) is 0 Å². The number of rotatable bonds is 2. The van der Waals surface area contributed by atoms with E-state index >= 15 is 0 Å². The molecule has 1 heterocycles. The van der Waals surface area contributed by atoms with E-state index in [1.165, 1.54) is 13.2 Å². The number of carbonyl (C=O) groups is 1. The van der Waals surface area contributed by atoms with Crippen LogP contribution in [0.1, 0.15) is 16.1 Å². The van der Waals surface area contributed by atoms with Crippen LogP contribution in [0.3, 0.4) is 0 Å². The molecule has 0 aromatic carbocycles. The predicted molar refractivity (Wildman–Crippen MR) is 44.6 cm³/mol. The Morgan fingerprint density at radius 1 is 1.77 bits per heavy atom. The number of hydrogen-bond acceptors (Lipinski definition) is 3. The zero-order chi connectivity index (χ0) is 9.84. The minimum absolute atomic E-state index is 0.369. The number of amides is 1. The summed E-state index contributed by atoms with van der Waals surface area (Å²) in [6.07, 6.45) is 1.57. The van der Waals surface area contributed by atoms with Crippen molar-refractivity contribution in [3.05, 3.63) is 23.5 Å². The Balaban J connectivity index is 2.95. The lowest BCUT2D eigenvalue weighted by Crippen LogP contribution is -2.23. The standard InChI is InChI=1S/C8H9N3O2/c1-11-5-6(4-9)3-7(11)8(12)10-13-2/h3,5H,1-2H3,(H,10,12). The zero-order valence-electron chi connectivity index (χ0n) is 7.37. The van der Waals surface area contributed by atoms with E-state index < -0.39 is 0 Å². The highest BCUT2D eigenvalue weighted by Crippen LogP contribution is 2.05. The minimum Gasteiger partial charge on any atom is -0.345 e. The largest absolute Gasteiger partial charge is 0.345 e. The highest BCUT2D eigenvalue weighted by molar-refractivity contribution is 5.92. The molecule has 68 valence electrons. The topological polar surface area (TPSA) is 67.0 Å². The molecule has 0 aliphatic rings. The molecule has 0 saturated heterocycles. The molecular weight excluding hydrogens is 170 g/mol. The van der Waals surface area contributed by atoms with Crippen LogP contribution < -0.4 is 5.48 Å². The van der Waals surface area contributed by atoms with Gasteiger partial charge in [-0.1, -0.05) is 0 Å². The van der Waals surface area contributed by atoms with Crippen molar-refractivity contribution in [2.45, 2.75) is 0 Å². The number of nitrogens with zero attached hydrogens (tertiary/aromatic N) is 2. The Hall–Kier alpha value is -1.80. The maximum absolute atomic E-state index is 11.2. The van der Waals surface area contributed by atoms with E-state index in [-0.39, 0.29) is 5.91 Å². The van der Waals surface area contributed by atoms with Crippen molar-refractivity contribution in [1.82, 2.24) is 10.0 Å². The molecule has 0 atom stereocenters. The maximum atomic E-state index is 11.2. The van der Waals surface area contributed by atoms with Crippen LogP contribution in [0.25, 0.3) is 0 Å². The molecule has 13 heavy (non-hydrogen) atoms. The van der Waals surface area contributed by atoms with E-state index in [4.69, 9.17) is 5.26 Å². The fraction of sp³-hybridized carbons (Fsp3) is 0.250. The Bertz CT molecular complexity index is 362. The highest BCUT2D eigenvalue weighted by Gasteiger charge is 2.10. The molecule has 0 saturated carbocycles. The van der Waals surface area contributed by atoms with Crippen LogP contribution in [0.15, 0.2) is 12.3 Å². The Morgan fingerprint density at radius 2 is 2.46 bits per heavy atom. The number of hydrogen-bond donors (Lipinski definition) is 1. The summed E-state index contributed by atoms with van der Waals surface area (Å²) in [5.41, 5.74) is 3.01. The van der Waals surface area contributed by atoms with Crippen molar-refractivity contribution >= 4 is 5.91 Å². The lowest BCUT2D eigenvalue weighted by Gasteiger charge is -2.01. The van der Waals surface area contributed by atoms with Crippen LogP contribution in [-0.4, -0.2) is 17.6 Å². The van der Waals surface area contributed by atoms with E-state index in [0.717, 1.165) is 0 Å². The van der Waals surface area contributed by atoms with E-state index in [9.17, 15) is 4.79 Å². The first-order valence-corrected chi connectivity index (χ1v) is 3.59. The summed E-state index contributed by atoms with van der Waals surface area (Å²) in [6.45, 7) is 0. The van der Waals surface area contributed by atoms with Crippen LogP contribution >= 0.6 is 0 Å². The predicted octanol–water partition coefficient (Wildman–Crippen LogP) is 0.188. The van der Waals surface area contributed by atoms with Crippen molar-refractivity contribution in [3.8, 4) is 6.07 Å². The first kappa shape index (κ1) is 9.29. The molecule has 1 aromatic rings. The molecule has 1 rings (SSSR count). The van der Waals surface area contributed by atoms with Gasteiger partial charge in [0.1, 0.15) is 11.8 Å². The first-order chi connectivity index (χ1) is 6.19. The summed E-state index contributed by atoms with van der Waals surface area (Å²) in [7, 11) is 3.04. The van der Waals surface area contributed by atoms with Gasteiger partial charge in [0.05, 0.1) is 12.7 Å². The SMILES string of the molecule is CONC(=O)c1cc(C#N)cn1C. The van der Waals surface area contributed by atoms with Gasteiger partial charge in [0.15, 0.2) is 0 Å². The van der Waals surface area contributed by atoms with Crippen molar-refractivity contribution in [1.29, 1.82) is 5.26 Å². The molecule has 0 bridgehead atoms. The third kappa shape index (κ3) is 1.86. The van der Waals surface area contributed by atoms with Crippen LogP contribution in [-0.2, 0) is 11.9 Å². The van der Waals surface area contributed by atoms with Gasteiger partial charge in [-0.2, -0.15) is 5.26 Å². The zero-order valence-corrected chi connectivity index (χ0v) is 7.37. The molecular formula is C8H9N3O2. The second-order valence-electron chi connectivity index (χ2n) is 2.47. The summed E-state index contributed by atoms with van der Waals surface area (Å²) in [6, 6.07) is 3.44. The Morgan fingerprint density at radius 3 is 2.92 bits per heavy atom. The van der Waals surface area contributed by atoms with Crippen LogP contribution in [0.2, 0.25) is 0 Å². The third-order valence-electron chi connectivity index (χ3n) is 1.56. The summed E-state index contributed by atoms with van der Waals surface area (Å²) in [4.78, 5) is 15.7. The second kappa shape index (κ2) is 3.74. The normalized spacial score (nSPS) is 9.31. The van der Waals surface area contributed by atoms with Gasteiger partial charge in [-0.3, -0.25) is 9.63 Å². The lowest BCUT2D eigenvalue weighted by molar-refractivity contribution is 0.0529. The molecule has 1 amide bonds. The van der Waals surface area contributed by atoms with Gasteiger partial charge in [0.25, 0.3) is 5.91 Å². The average Bonchev–Trinajstić information content (AvgIpc) is 2.47. The van der Waals surface area contributed by atoms with Crippen molar-refractivity contribution in [3.63, 3.8) is 0 Å². The van der Waals surface area contributed by atoms with Gasteiger partial charge in [0, 0.05) is 13.2 Å². The first-order valence-electron chi connectivity index (χ1n) is 3.59. The molecule has 5 heteroatoms. The number of carbonyl (C=O) groups excluding carboxylic acids is 1. The molecule has 0 fully saturated rings. The smallest absolute Gasteiger partial charge is 0.291 e. The third-order valence-corrected chi connectivity index (χ3v) is 1.56. The van der Waals surface area contributed by atoms with Gasteiger partial charge >= 0.3 is 0 Å². The number of hydroxylamine groups is 1. The number of nitrogens with one attached hydrogen (secondary N) is 1. The molecule has 1 N–H and O–H groups in total. The van der Waals surface area contributed by atoms with E-state index in [1.807, 2.05) is 6.07 Å². The van der Waals surface area contributed by atoms with E-state index in [1.54, 1.807) is 17.8 Å². The number of aromatic nitrogens is 1. The summed E-state index contributed by atoms with van der Waals surface area (Å²) < 4.78 is 1.56. The van der Waals surface area contributed by atoms with Crippen molar-refractivity contribution < 1.29 is 9.63 Å². The number of aryl methyl sites for hydroxylation is 1. The van der Waals surface area contributed by atoms with Gasteiger partial charge in [0.2, 0.25) is 0 Å². The van der Waals surface area contributed by atoms with Crippen molar-refractivity contribution in [2.75, 3.05) is 7.11 Å². The van der Waals surface area contributed by atoms with Crippen LogP contribution in [0.5, 0.6) is 0 Å². The molecule has 0 aliphatic heterocycles. The monoisotopic (exact) mass is 179 g/mol. The highest BCUT2D eigenvalue weighted by atomic mass is 16.6. The molecule has 0 aliphatic carbocycles. The van der Waals surface area contributed by atoms with Gasteiger partial charge in [-0.05, 0) is 6.07 Å². The van der Waals surface area contributed by atoms with Crippen molar-refractivity contribution in [2.24, 2.45) is 7.05 Å². The van der Waals surface area contributed by atoms with Gasteiger partial charge < -0.3 is 4.57 Å². The van der Waals surface area contributed by atoms with Crippen LogP contribution in [0, 0.1) is 11.3 Å². The van der Waals surface area contributed by atoms with E-state index in [0.29, 0.717) is 11.3 Å². The lowest BCUT2D eigenvalue weighted by atomic mass is 10.3.